The van der Waals surface area contributed by atoms with Crippen LogP contribution in [0.2, 0.25) is 0 Å². The average molecular weight is 265 g/mol. The number of nitrogens with one attached hydrogen (secondary N) is 1. The second-order valence-corrected chi connectivity index (χ2v) is 4.12. The van der Waals surface area contributed by atoms with Crippen LogP contribution < -0.4 is 5.32 Å². The lowest BCUT2D eigenvalue weighted by atomic mass is 10.1. The minimum Gasteiger partial charge on any atom is -0.438 e. The van der Waals surface area contributed by atoms with Gasteiger partial charge in [-0.05, 0) is 17.7 Å². The number of benzene rings is 1. The number of carbonyl (C=O) groups is 1. The van der Waals surface area contributed by atoms with Crippen LogP contribution in [0, 0.1) is 0 Å². The van der Waals surface area contributed by atoms with E-state index in [1.54, 1.807) is 12.3 Å². The number of pyridine rings is 1. The highest BCUT2D eigenvalue weighted by Gasteiger charge is 2.10. The van der Waals surface area contributed by atoms with E-state index in [-0.39, 0.29) is 11.7 Å². The third-order valence-corrected chi connectivity index (χ3v) is 2.77. The zero-order chi connectivity index (χ0) is 13.8. The van der Waals surface area contributed by atoms with E-state index in [1.807, 2.05) is 36.4 Å². The first-order valence-electron chi connectivity index (χ1n) is 6.04. The van der Waals surface area contributed by atoms with Gasteiger partial charge in [0.1, 0.15) is 5.82 Å². The van der Waals surface area contributed by atoms with Gasteiger partial charge in [0.25, 0.3) is 5.91 Å². The van der Waals surface area contributed by atoms with E-state index < -0.39 is 0 Å². The van der Waals surface area contributed by atoms with Crippen molar-refractivity contribution in [1.29, 1.82) is 0 Å². The molecule has 1 aromatic carbocycles. The molecule has 0 radical (unpaired) electrons. The normalized spacial score (nSPS) is 10.2. The van der Waals surface area contributed by atoms with Gasteiger partial charge in [-0.2, -0.15) is 0 Å². The summed E-state index contributed by atoms with van der Waals surface area (Å²) < 4.78 is 4.91. The molecule has 3 aromatic rings. The molecule has 0 atom stereocenters. The van der Waals surface area contributed by atoms with Crippen molar-refractivity contribution in [1.82, 2.24) is 9.97 Å². The van der Waals surface area contributed by atoms with Crippen molar-refractivity contribution in [2.45, 2.75) is 0 Å². The Hall–Kier alpha value is -2.95. The van der Waals surface area contributed by atoms with Crippen LogP contribution in [-0.4, -0.2) is 15.9 Å². The monoisotopic (exact) mass is 265 g/mol. The Labute approximate surface area is 115 Å². The molecule has 2 aromatic heterocycles. The Morgan fingerprint density at radius 2 is 1.85 bits per heavy atom. The second-order valence-electron chi connectivity index (χ2n) is 4.12. The van der Waals surface area contributed by atoms with Crippen LogP contribution in [-0.2, 0) is 0 Å². The average Bonchev–Trinajstić information content (AvgIpc) is 3.03. The molecular weight excluding hydrogens is 254 g/mol. The Balaban J connectivity index is 1.75. The molecule has 5 nitrogen and oxygen atoms in total. The molecule has 0 saturated heterocycles. The minimum atomic E-state index is -0.373. The predicted molar refractivity (Wildman–Crippen MR) is 74.1 cm³/mol. The van der Waals surface area contributed by atoms with E-state index in [2.05, 4.69) is 15.3 Å². The molecule has 0 aliphatic rings. The lowest BCUT2D eigenvalue weighted by molar-refractivity contribution is 0.0996. The number of rotatable bonds is 3. The van der Waals surface area contributed by atoms with Crippen LogP contribution in [0.15, 0.2) is 65.7 Å². The standard InChI is InChI=1S/C15H11N3O2/c19-15(13-9-16-10-20-13)18-14-7-6-12(8-17-14)11-4-2-1-3-5-11/h1-10H,(H,17,18,19). The molecule has 0 aliphatic carbocycles. The van der Waals surface area contributed by atoms with Crippen molar-refractivity contribution in [3.8, 4) is 11.1 Å². The summed E-state index contributed by atoms with van der Waals surface area (Å²) in [5.41, 5.74) is 2.07. The first kappa shape index (κ1) is 12.1. The smallest absolute Gasteiger partial charge is 0.294 e. The van der Waals surface area contributed by atoms with E-state index in [4.69, 9.17) is 4.42 Å². The lowest BCUT2D eigenvalue weighted by Crippen LogP contribution is -2.11. The third kappa shape index (κ3) is 2.56. The molecule has 98 valence electrons. The lowest BCUT2D eigenvalue weighted by Gasteiger charge is -2.04. The molecule has 0 fully saturated rings. The van der Waals surface area contributed by atoms with E-state index in [0.717, 1.165) is 11.1 Å². The molecule has 0 aliphatic heterocycles. The molecule has 0 spiro atoms. The molecule has 0 bridgehead atoms. The van der Waals surface area contributed by atoms with Crippen molar-refractivity contribution in [2.24, 2.45) is 0 Å². The summed E-state index contributed by atoms with van der Waals surface area (Å²) in [7, 11) is 0. The van der Waals surface area contributed by atoms with Crippen LogP contribution >= 0.6 is 0 Å². The maximum atomic E-state index is 11.7. The summed E-state index contributed by atoms with van der Waals surface area (Å²) in [6, 6.07) is 13.6. The Bertz CT molecular complexity index is 692. The van der Waals surface area contributed by atoms with Crippen LogP contribution in [0.4, 0.5) is 5.82 Å². The van der Waals surface area contributed by atoms with Gasteiger partial charge in [-0.1, -0.05) is 30.3 Å². The SMILES string of the molecule is O=C(Nc1ccc(-c2ccccc2)cn1)c1cnco1. The number of carbonyl (C=O) groups excluding carboxylic acids is 1. The van der Waals surface area contributed by atoms with Gasteiger partial charge >= 0.3 is 0 Å². The molecule has 1 N–H and O–H groups in total. The van der Waals surface area contributed by atoms with Crippen LogP contribution in [0.25, 0.3) is 11.1 Å². The first-order valence-corrected chi connectivity index (χ1v) is 6.04. The van der Waals surface area contributed by atoms with Gasteiger partial charge in [0.05, 0.1) is 6.20 Å². The zero-order valence-electron chi connectivity index (χ0n) is 10.5. The summed E-state index contributed by atoms with van der Waals surface area (Å²) in [4.78, 5) is 19.6. The van der Waals surface area contributed by atoms with E-state index in [0.29, 0.717) is 5.82 Å². The van der Waals surface area contributed by atoms with Crippen LogP contribution in [0.5, 0.6) is 0 Å². The fraction of sp³-hybridized carbons (Fsp3) is 0. The predicted octanol–water partition coefficient (Wildman–Crippen LogP) is 2.99. The van der Waals surface area contributed by atoms with Crippen molar-refractivity contribution >= 4 is 11.7 Å². The number of anilines is 1. The van der Waals surface area contributed by atoms with Gasteiger partial charge < -0.3 is 9.73 Å². The van der Waals surface area contributed by atoms with Crippen molar-refractivity contribution in [2.75, 3.05) is 5.32 Å². The number of oxazole rings is 1. The van der Waals surface area contributed by atoms with Crippen LogP contribution in [0.1, 0.15) is 10.6 Å². The largest absolute Gasteiger partial charge is 0.438 e. The Morgan fingerprint density at radius 3 is 2.50 bits per heavy atom. The summed E-state index contributed by atoms with van der Waals surface area (Å²) in [5.74, 6) is 0.243. The Kier molecular flexibility index (Phi) is 3.24. The van der Waals surface area contributed by atoms with Gasteiger partial charge in [0.2, 0.25) is 5.76 Å². The number of amides is 1. The zero-order valence-corrected chi connectivity index (χ0v) is 10.5. The van der Waals surface area contributed by atoms with Crippen molar-refractivity contribution in [3.63, 3.8) is 0 Å². The quantitative estimate of drug-likeness (QED) is 0.790. The molecule has 20 heavy (non-hydrogen) atoms. The summed E-state index contributed by atoms with van der Waals surface area (Å²) in [6.07, 6.45) is 4.28. The molecule has 0 saturated carbocycles. The number of aromatic nitrogens is 2. The van der Waals surface area contributed by atoms with Gasteiger partial charge in [0.15, 0.2) is 6.39 Å². The number of hydrogen-bond acceptors (Lipinski definition) is 4. The maximum Gasteiger partial charge on any atom is 0.294 e. The molecule has 5 heteroatoms. The summed E-state index contributed by atoms with van der Waals surface area (Å²) >= 11 is 0. The highest BCUT2D eigenvalue weighted by molar-refractivity contribution is 6.01. The third-order valence-electron chi connectivity index (χ3n) is 2.77. The summed E-state index contributed by atoms with van der Waals surface area (Å²) in [5, 5.41) is 2.64. The molecule has 0 unspecified atom stereocenters. The first-order chi connectivity index (χ1) is 9.83. The van der Waals surface area contributed by atoms with Gasteiger partial charge in [0, 0.05) is 11.8 Å². The fourth-order valence-electron chi connectivity index (χ4n) is 1.78. The second kappa shape index (κ2) is 5.36. The highest BCUT2D eigenvalue weighted by Crippen LogP contribution is 2.19. The maximum absolute atomic E-state index is 11.7. The van der Waals surface area contributed by atoms with Gasteiger partial charge in [-0.15, -0.1) is 0 Å². The van der Waals surface area contributed by atoms with Crippen molar-refractivity contribution < 1.29 is 9.21 Å². The van der Waals surface area contributed by atoms with Gasteiger partial charge in [-0.25, -0.2) is 9.97 Å². The topological polar surface area (TPSA) is 68.0 Å². The molecule has 3 rings (SSSR count). The minimum absolute atomic E-state index is 0.152. The van der Waals surface area contributed by atoms with E-state index in [1.165, 1.54) is 12.6 Å². The fourth-order valence-corrected chi connectivity index (χ4v) is 1.78. The van der Waals surface area contributed by atoms with Crippen molar-refractivity contribution in [3.05, 3.63) is 67.0 Å². The molecule has 1 amide bonds. The Morgan fingerprint density at radius 1 is 1.00 bits per heavy atom. The highest BCUT2D eigenvalue weighted by atomic mass is 16.3. The van der Waals surface area contributed by atoms with E-state index >= 15 is 0 Å². The van der Waals surface area contributed by atoms with E-state index in [9.17, 15) is 4.79 Å². The van der Waals surface area contributed by atoms with Crippen LogP contribution in [0.3, 0.4) is 0 Å². The van der Waals surface area contributed by atoms with Gasteiger partial charge in [-0.3, -0.25) is 4.79 Å². The molecule has 2 heterocycles. The number of hydrogen-bond donors (Lipinski definition) is 1. The summed E-state index contributed by atoms with van der Waals surface area (Å²) in [6.45, 7) is 0. The molecular formula is C15H11N3O2. The number of nitrogens with zero attached hydrogens (tertiary/aromatic N) is 2.